The number of halogens is 1. The van der Waals surface area contributed by atoms with E-state index in [1.807, 2.05) is 37.3 Å². The maximum absolute atomic E-state index is 8.77. The van der Waals surface area contributed by atoms with Crippen molar-refractivity contribution in [2.75, 3.05) is 0 Å². The summed E-state index contributed by atoms with van der Waals surface area (Å²) >= 11 is 0. The summed E-state index contributed by atoms with van der Waals surface area (Å²) in [4.78, 5) is 0. The Morgan fingerprint density at radius 2 is 2.07 bits per heavy atom. The summed E-state index contributed by atoms with van der Waals surface area (Å²) in [5, 5.41) is 20.3. The molecule has 1 aromatic rings. The second kappa shape index (κ2) is 4.64. The molecule has 0 aromatic heterocycles. The van der Waals surface area contributed by atoms with Crippen molar-refractivity contribution >= 4 is 11.5 Å². The number of hydrogen-bond acceptors (Lipinski definition) is 4. The first-order chi connectivity index (χ1) is 6.83. The number of nitriles is 1. The molecule has 1 unspecified atom stereocenters. The average Bonchev–Trinajstić information content (AvgIpc) is 2.66. The molecule has 0 radical (unpaired) electrons. The van der Waals surface area contributed by atoms with Gasteiger partial charge in [-0.05, 0) is 6.92 Å². The minimum atomic E-state index is 0. The van der Waals surface area contributed by atoms with Crippen molar-refractivity contribution in [3.05, 3.63) is 29.8 Å². The SMILES string of the molecule is Cc1ccccc1[NH+]1N=NN=C1C#N.[Cl-]. The molecule has 1 aliphatic rings. The van der Waals surface area contributed by atoms with Gasteiger partial charge in [0.15, 0.2) is 11.8 Å². The third-order valence-corrected chi connectivity index (χ3v) is 2.02. The molecule has 1 atom stereocenters. The third-order valence-electron chi connectivity index (χ3n) is 2.02. The van der Waals surface area contributed by atoms with Crippen molar-refractivity contribution in [3.8, 4) is 6.07 Å². The van der Waals surface area contributed by atoms with Crippen LogP contribution < -0.4 is 17.4 Å². The molecule has 1 aliphatic heterocycles. The number of rotatable bonds is 1. The lowest BCUT2D eigenvalue weighted by atomic mass is 10.2. The lowest BCUT2D eigenvalue weighted by molar-refractivity contribution is -0.738. The normalized spacial score (nSPS) is 17.9. The number of benzene rings is 1. The molecule has 76 valence electrons. The largest absolute Gasteiger partial charge is 1.00 e. The summed E-state index contributed by atoms with van der Waals surface area (Å²) in [5.41, 5.74) is 1.97. The van der Waals surface area contributed by atoms with E-state index in [-0.39, 0.29) is 18.2 Å². The summed E-state index contributed by atoms with van der Waals surface area (Å²) in [5.74, 6) is 0.277. The van der Waals surface area contributed by atoms with Crippen LogP contribution in [0.1, 0.15) is 5.56 Å². The molecule has 0 saturated heterocycles. The fourth-order valence-electron chi connectivity index (χ4n) is 1.30. The van der Waals surface area contributed by atoms with Gasteiger partial charge in [0.1, 0.15) is 0 Å². The number of aryl methyl sites for hydroxylation is 1. The Morgan fingerprint density at radius 1 is 1.33 bits per heavy atom. The zero-order chi connectivity index (χ0) is 9.97. The molecule has 15 heavy (non-hydrogen) atoms. The predicted molar refractivity (Wildman–Crippen MR) is 49.7 cm³/mol. The van der Waals surface area contributed by atoms with Gasteiger partial charge in [0.2, 0.25) is 0 Å². The first kappa shape index (κ1) is 11.3. The quantitative estimate of drug-likeness (QED) is 0.571. The van der Waals surface area contributed by atoms with Crippen molar-refractivity contribution < 1.29 is 17.4 Å². The highest BCUT2D eigenvalue weighted by atomic mass is 35.5. The Kier molecular flexibility index (Phi) is 3.50. The third kappa shape index (κ3) is 2.01. The monoisotopic (exact) mass is 221 g/mol. The highest BCUT2D eigenvalue weighted by Crippen LogP contribution is 2.09. The summed E-state index contributed by atoms with van der Waals surface area (Å²) < 4.78 is 0. The van der Waals surface area contributed by atoms with Crippen LogP contribution in [0.5, 0.6) is 0 Å². The second-order valence-electron chi connectivity index (χ2n) is 2.91. The zero-order valence-electron chi connectivity index (χ0n) is 7.98. The standard InChI is InChI=1S/C9H7N5.ClH/c1-7-4-2-3-5-8(7)14-9(6-10)11-12-13-14;/h2-5H,1H3;1H. The van der Waals surface area contributed by atoms with Crippen molar-refractivity contribution in [2.45, 2.75) is 6.92 Å². The van der Waals surface area contributed by atoms with Gasteiger partial charge in [-0.15, -0.1) is 0 Å². The van der Waals surface area contributed by atoms with Crippen molar-refractivity contribution in [3.63, 3.8) is 0 Å². The van der Waals surface area contributed by atoms with E-state index in [2.05, 4.69) is 15.5 Å². The maximum Gasteiger partial charge on any atom is 0.359 e. The first-order valence-corrected chi connectivity index (χ1v) is 4.15. The van der Waals surface area contributed by atoms with Crippen LogP contribution in [0, 0.1) is 18.3 Å². The molecule has 2 rings (SSSR count). The molecular weight excluding hydrogens is 214 g/mol. The van der Waals surface area contributed by atoms with Gasteiger partial charge in [0.05, 0.1) is 5.22 Å². The lowest BCUT2D eigenvalue weighted by Gasteiger charge is -2.05. The lowest BCUT2D eigenvalue weighted by Crippen LogP contribution is -3.04. The summed E-state index contributed by atoms with van der Waals surface area (Å²) in [7, 11) is 0. The van der Waals surface area contributed by atoms with Gasteiger partial charge in [0, 0.05) is 16.9 Å². The highest BCUT2D eigenvalue weighted by molar-refractivity contribution is 5.90. The van der Waals surface area contributed by atoms with Crippen LogP contribution in [-0.2, 0) is 0 Å². The minimum absolute atomic E-state index is 0. The van der Waals surface area contributed by atoms with Gasteiger partial charge in [-0.2, -0.15) is 5.26 Å². The number of amidine groups is 1. The number of nitrogens with zero attached hydrogens (tertiary/aromatic N) is 4. The number of quaternary nitrogens is 1. The van der Waals surface area contributed by atoms with E-state index in [0.29, 0.717) is 5.01 Å². The van der Waals surface area contributed by atoms with Gasteiger partial charge in [-0.1, -0.05) is 28.3 Å². The Morgan fingerprint density at radius 3 is 2.73 bits per heavy atom. The smallest absolute Gasteiger partial charge is 0.359 e. The summed E-state index contributed by atoms with van der Waals surface area (Å²) in [6.45, 7) is 1.96. The highest BCUT2D eigenvalue weighted by Gasteiger charge is 2.26. The van der Waals surface area contributed by atoms with Gasteiger partial charge in [-0.3, -0.25) is 0 Å². The molecule has 0 saturated carbocycles. The molecule has 0 fully saturated rings. The molecule has 6 heteroatoms. The number of nitrogens with one attached hydrogen (secondary N) is 1. The average molecular weight is 222 g/mol. The van der Waals surface area contributed by atoms with E-state index in [9.17, 15) is 0 Å². The Labute approximate surface area is 93.1 Å². The predicted octanol–water partition coefficient (Wildman–Crippen LogP) is -2.27. The molecule has 5 nitrogen and oxygen atoms in total. The summed E-state index contributed by atoms with van der Waals surface area (Å²) in [6.07, 6.45) is 0. The fourth-order valence-corrected chi connectivity index (χ4v) is 1.30. The molecule has 0 spiro atoms. The molecular formula is C9H8ClN5. The summed E-state index contributed by atoms with van der Waals surface area (Å²) in [6, 6.07) is 9.67. The van der Waals surface area contributed by atoms with Crippen LogP contribution in [0.15, 0.2) is 39.8 Å². The van der Waals surface area contributed by atoms with Crippen LogP contribution in [0.4, 0.5) is 5.69 Å². The number of para-hydroxylation sites is 1. The van der Waals surface area contributed by atoms with Gasteiger partial charge < -0.3 is 12.4 Å². The molecule has 0 aliphatic carbocycles. The Bertz CT molecular complexity index is 460. The fraction of sp³-hybridized carbons (Fsp3) is 0.111. The zero-order valence-corrected chi connectivity index (χ0v) is 8.73. The Balaban J connectivity index is 0.00000112. The molecule has 0 bridgehead atoms. The van der Waals surface area contributed by atoms with E-state index in [1.54, 1.807) is 0 Å². The van der Waals surface area contributed by atoms with Crippen LogP contribution >= 0.6 is 0 Å². The molecule has 1 heterocycles. The van der Waals surface area contributed by atoms with Crippen LogP contribution in [0.25, 0.3) is 0 Å². The van der Waals surface area contributed by atoms with Gasteiger partial charge in [-0.25, -0.2) is 0 Å². The van der Waals surface area contributed by atoms with Crippen LogP contribution in [0.3, 0.4) is 0 Å². The van der Waals surface area contributed by atoms with Crippen molar-refractivity contribution in [1.82, 2.24) is 0 Å². The molecule has 1 N–H and O–H groups in total. The van der Waals surface area contributed by atoms with E-state index in [1.165, 1.54) is 0 Å². The van der Waals surface area contributed by atoms with Gasteiger partial charge in [0.25, 0.3) is 0 Å². The first-order valence-electron chi connectivity index (χ1n) is 4.15. The van der Waals surface area contributed by atoms with E-state index < -0.39 is 0 Å². The van der Waals surface area contributed by atoms with Crippen molar-refractivity contribution in [1.29, 1.82) is 5.26 Å². The van der Waals surface area contributed by atoms with E-state index >= 15 is 0 Å². The molecule has 0 amide bonds. The van der Waals surface area contributed by atoms with Crippen LogP contribution in [0.2, 0.25) is 0 Å². The number of hydrogen-bond donors (Lipinski definition) is 1. The topological polar surface area (TPSA) is 65.3 Å². The molecule has 1 aromatic carbocycles. The van der Waals surface area contributed by atoms with Crippen LogP contribution in [-0.4, -0.2) is 5.84 Å². The van der Waals surface area contributed by atoms with E-state index in [0.717, 1.165) is 11.3 Å². The minimum Gasteiger partial charge on any atom is -1.00 e. The van der Waals surface area contributed by atoms with E-state index in [4.69, 9.17) is 5.26 Å². The van der Waals surface area contributed by atoms with Crippen molar-refractivity contribution in [2.24, 2.45) is 15.5 Å². The van der Waals surface area contributed by atoms with Gasteiger partial charge >= 0.3 is 5.84 Å². The maximum atomic E-state index is 8.77. The second-order valence-corrected chi connectivity index (χ2v) is 2.91. The Hall–Kier alpha value is -1.77.